The van der Waals surface area contributed by atoms with E-state index in [1.165, 1.54) is 6.21 Å². The Morgan fingerprint density at radius 2 is 1.88 bits per heavy atom. The standard InChI is InChI=1S/C25H30N6O2/c1-30(2)20-11-13-31(14-12-20)25(33)17-7-9-19(10-8-17)27-16-23(29-26)21-15-18-5-3-4-6-22(18)28-24(21)32/h3-10,15-16,20,25,33H,11-14,26H2,1-2H3,(H,28,32). The summed E-state index contributed by atoms with van der Waals surface area (Å²) in [5.41, 5.74) is 2.62. The molecule has 1 aliphatic heterocycles. The van der Waals surface area contributed by atoms with Crippen molar-refractivity contribution in [1.82, 2.24) is 14.8 Å². The number of nitrogens with one attached hydrogen (secondary N) is 1. The van der Waals surface area contributed by atoms with Gasteiger partial charge < -0.3 is 20.8 Å². The Morgan fingerprint density at radius 3 is 2.55 bits per heavy atom. The van der Waals surface area contributed by atoms with Crippen LogP contribution in [0.1, 0.15) is 30.2 Å². The number of aliphatic imine (C=N–C) groups is 1. The second-order valence-corrected chi connectivity index (χ2v) is 8.57. The minimum Gasteiger partial charge on any atom is -0.374 e. The number of hydrazone groups is 1. The molecule has 1 fully saturated rings. The van der Waals surface area contributed by atoms with Crippen molar-refractivity contribution in [3.8, 4) is 0 Å². The van der Waals surface area contributed by atoms with Crippen molar-refractivity contribution < 1.29 is 5.11 Å². The molecule has 8 nitrogen and oxygen atoms in total. The average Bonchev–Trinajstić information content (AvgIpc) is 2.84. The largest absolute Gasteiger partial charge is 0.374 e. The van der Waals surface area contributed by atoms with Crippen LogP contribution < -0.4 is 11.4 Å². The van der Waals surface area contributed by atoms with Gasteiger partial charge in [0.1, 0.15) is 11.9 Å². The molecule has 1 saturated heterocycles. The number of piperidine rings is 1. The maximum Gasteiger partial charge on any atom is 0.258 e. The van der Waals surface area contributed by atoms with Crippen LogP contribution in [0.2, 0.25) is 0 Å². The van der Waals surface area contributed by atoms with Crippen molar-refractivity contribution >= 4 is 28.5 Å². The van der Waals surface area contributed by atoms with Crippen molar-refractivity contribution in [3.05, 3.63) is 76.1 Å². The van der Waals surface area contributed by atoms with E-state index in [1.807, 2.05) is 48.5 Å². The molecule has 0 saturated carbocycles. The van der Waals surface area contributed by atoms with Crippen molar-refractivity contribution in [2.75, 3.05) is 27.2 Å². The smallest absolute Gasteiger partial charge is 0.258 e. The van der Waals surface area contributed by atoms with Gasteiger partial charge in [0.05, 0.1) is 17.5 Å². The summed E-state index contributed by atoms with van der Waals surface area (Å²) in [5, 5.41) is 15.4. The summed E-state index contributed by atoms with van der Waals surface area (Å²) in [6.45, 7) is 1.72. The predicted molar refractivity (Wildman–Crippen MR) is 133 cm³/mol. The summed E-state index contributed by atoms with van der Waals surface area (Å²) < 4.78 is 0. The number of aromatic nitrogens is 1. The van der Waals surface area contributed by atoms with E-state index in [4.69, 9.17) is 5.84 Å². The molecule has 8 heteroatoms. The quantitative estimate of drug-likeness (QED) is 0.306. The third-order valence-electron chi connectivity index (χ3n) is 6.27. The molecule has 0 aliphatic carbocycles. The highest BCUT2D eigenvalue weighted by molar-refractivity contribution is 6.38. The number of hydrogen-bond donors (Lipinski definition) is 3. The third kappa shape index (κ3) is 5.19. The lowest BCUT2D eigenvalue weighted by Crippen LogP contribution is -2.43. The molecule has 0 bridgehead atoms. The van der Waals surface area contributed by atoms with Crippen LogP contribution in [0.5, 0.6) is 0 Å². The molecule has 4 N–H and O–H groups in total. The van der Waals surface area contributed by atoms with E-state index in [9.17, 15) is 9.90 Å². The van der Waals surface area contributed by atoms with E-state index in [0.29, 0.717) is 17.3 Å². The number of H-pyrrole nitrogens is 1. The molecular weight excluding hydrogens is 416 g/mol. The summed E-state index contributed by atoms with van der Waals surface area (Å²) in [6, 6.07) is 17.3. The van der Waals surface area contributed by atoms with Crippen molar-refractivity contribution in [2.45, 2.75) is 25.1 Å². The number of aliphatic hydroxyl groups is 1. The molecule has 1 aromatic heterocycles. The van der Waals surface area contributed by atoms with Gasteiger partial charge in [-0.25, -0.2) is 0 Å². The van der Waals surface area contributed by atoms with Gasteiger partial charge in [-0.1, -0.05) is 30.3 Å². The summed E-state index contributed by atoms with van der Waals surface area (Å²) in [4.78, 5) is 24.1. The Kier molecular flexibility index (Phi) is 6.98. The molecule has 0 spiro atoms. The number of rotatable bonds is 6. The van der Waals surface area contributed by atoms with Gasteiger partial charge in [0.15, 0.2) is 0 Å². The first-order valence-electron chi connectivity index (χ1n) is 11.1. The number of nitrogens with two attached hydrogens (primary N) is 1. The van der Waals surface area contributed by atoms with Crippen LogP contribution in [0.15, 0.2) is 69.5 Å². The van der Waals surface area contributed by atoms with Crippen molar-refractivity contribution in [1.29, 1.82) is 0 Å². The molecule has 0 amide bonds. The fourth-order valence-electron chi connectivity index (χ4n) is 4.24. The normalized spacial score (nSPS) is 17.3. The molecule has 172 valence electrons. The minimum absolute atomic E-state index is 0.277. The van der Waals surface area contributed by atoms with Crippen LogP contribution in [0, 0.1) is 0 Å². The number of hydrogen-bond acceptors (Lipinski definition) is 7. The van der Waals surface area contributed by atoms with Crippen LogP contribution in [0.4, 0.5) is 5.69 Å². The Hall–Kier alpha value is -3.33. The fraction of sp³-hybridized carbons (Fsp3) is 0.320. The zero-order valence-electron chi connectivity index (χ0n) is 19.0. The van der Waals surface area contributed by atoms with Gasteiger partial charge in [-0.2, -0.15) is 5.10 Å². The second-order valence-electron chi connectivity index (χ2n) is 8.57. The number of aromatic amines is 1. The minimum atomic E-state index is -0.636. The van der Waals surface area contributed by atoms with Crippen molar-refractivity contribution in [3.63, 3.8) is 0 Å². The Labute approximate surface area is 193 Å². The number of pyridine rings is 1. The molecule has 2 heterocycles. The number of aliphatic hydroxyl groups excluding tert-OH is 1. The summed E-state index contributed by atoms with van der Waals surface area (Å²) >= 11 is 0. The highest BCUT2D eigenvalue weighted by atomic mass is 16.3. The number of likely N-dealkylation sites (tertiary alicyclic amines) is 1. The van der Waals surface area contributed by atoms with Gasteiger partial charge in [-0.15, -0.1) is 0 Å². The van der Waals surface area contributed by atoms with Gasteiger partial charge >= 0.3 is 0 Å². The van der Waals surface area contributed by atoms with E-state index in [-0.39, 0.29) is 11.3 Å². The predicted octanol–water partition coefficient (Wildman–Crippen LogP) is 2.61. The lowest BCUT2D eigenvalue weighted by atomic mass is 10.0. The van der Waals surface area contributed by atoms with E-state index >= 15 is 0 Å². The van der Waals surface area contributed by atoms with E-state index < -0.39 is 6.23 Å². The average molecular weight is 447 g/mol. The SMILES string of the molecule is CN(C)C1CCN(C(O)c2ccc(N=CC(=NN)c3cc4ccccc4[nH]c3=O)cc2)CC1. The molecule has 33 heavy (non-hydrogen) atoms. The second kappa shape index (κ2) is 10.1. The molecular formula is C25H30N6O2. The van der Waals surface area contributed by atoms with E-state index in [0.717, 1.165) is 42.4 Å². The first kappa shape index (κ1) is 22.8. The fourth-order valence-corrected chi connectivity index (χ4v) is 4.24. The molecule has 3 aromatic rings. The lowest BCUT2D eigenvalue weighted by Gasteiger charge is -2.37. The van der Waals surface area contributed by atoms with E-state index in [1.54, 1.807) is 6.07 Å². The van der Waals surface area contributed by atoms with Gasteiger partial charge in [0.25, 0.3) is 5.56 Å². The number of nitrogens with zero attached hydrogens (tertiary/aromatic N) is 4. The van der Waals surface area contributed by atoms with Gasteiger partial charge in [0.2, 0.25) is 0 Å². The Bertz CT molecular complexity index is 1210. The van der Waals surface area contributed by atoms with Gasteiger partial charge in [0, 0.05) is 24.6 Å². The monoisotopic (exact) mass is 446 g/mol. The molecule has 0 radical (unpaired) electrons. The van der Waals surface area contributed by atoms with Crippen LogP contribution in [0.3, 0.4) is 0 Å². The summed E-state index contributed by atoms with van der Waals surface area (Å²) in [5.74, 6) is 5.56. The molecule has 1 aliphatic rings. The molecule has 1 atom stereocenters. The van der Waals surface area contributed by atoms with Gasteiger partial charge in [-0.05, 0) is 62.2 Å². The highest BCUT2D eigenvalue weighted by Gasteiger charge is 2.25. The van der Waals surface area contributed by atoms with Crippen LogP contribution in [-0.2, 0) is 0 Å². The van der Waals surface area contributed by atoms with Crippen LogP contribution in [-0.4, -0.2) is 65.0 Å². The topological polar surface area (TPSA) is 110 Å². The lowest BCUT2D eigenvalue weighted by molar-refractivity contribution is -0.0222. The maximum atomic E-state index is 12.5. The maximum absolute atomic E-state index is 12.5. The van der Waals surface area contributed by atoms with Gasteiger partial charge in [-0.3, -0.25) is 14.7 Å². The Morgan fingerprint density at radius 1 is 1.18 bits per heavy atom. The summed E-state index contributed by atoms with van der Waals surface area (Å²) in [7, 11) is 4.21. The third-order valence-corrected chi connectivity index (χ3v) is 6.27. The highest BCUT2D eigenvalue weighted by Crippen LogP contribution is 2.25. The number of para-hydroxylation sites is 1. The summed E-state index contributed by atoms with van der Waals surface area (Å²) in [6.07, 6.45) is 2.93. The first-order chi connectivity index (χ1) is 16.0. The van der Waals surface area contributed by atoms with Crippen LogP contribution >= 0.6 is 0 Å². The number of benzene rings is 2. The van der Waals surface area contributed by atoms with Crippen LogP contribution in [0.25, 0.3) is 10.9 Å². The molecule has 1 unspecified atom stereocenters. The zero-order valence-corrected chi connectivity index (χ0v) is 19.0. The van der Waals surface area contributed by atoms with E-state index in [2.05, 4.69) is 39.0 Å². The molecule has 2 aromatic carbocycles. The van der Waals surface area contributed by atoms with Crippen molar-refractivity contribution in [2.24, 2.45) is 15.9 Å². The Balaban J connectivity index is 1.45. The first-order valence-corrected chi connectivity index (χ1v) is 11.1. The number of fused-ring (bicyclic) bond motifs is 1. The molecule has 4 rings (SSSR count). The zero-order chi connectivity index (χ0) is 23.4.